The van der Waals surface area contributed by atoms with E-state index in [1.807, 2.05) is 0 Å². The van der Waals surface area contributed by atoms with Crippen molar-refractivity contribution in [3.63, 3.8) is 0 Å². The zero-order valence-electron chi connectivity index (χ0n) is 9.44. The van der Waals surface area contributed by atoms with Crippen LogP contribution in [-0.4, -0.2) is 30.2 Å². The summed E-state index contributed by atoms with van der Waals surface area (Å²) in [5, 5.41) is 3.40. The Morgan fingerprint density at radius 3 is 2.93 bits per heavy atom. The van der Waals surface area contributed by atoms with Crippen LogP contribution in [0.25, 0.3) is 0 Å². The van der Waals surface area contributed by atoms with E-state index in [2.05, 4.69) is 22.2 Å². The standard InChI is InChI=1S/C11H19N3O/c1-10(11-9-12-6-7-14-11)13-5-3-4-8-15-2/h6-7,9-10,13H,3-5,8H2,1-2H3. The molecule has 1 heterocycles. The maximum atomic E-state index is 4.98. The highest BCUT2D eigenvalue weighted by Crippen LogP contribution is 2.06. The molecule has 84 valence electrons. The number of nitrogens with zero attached hydrogens (tertiary/aromatic N) is 2. The van der Waals surface area contributed by atoms with Crippen molar-refractivity contribution < 1.29 is 4.74 Å². The Morgan fingerprint density at radius 1 is 1.40 bits per heavy atom. The van der Waals surface area contributed by atoms with Crippen molar-refractivity contribution >= 4 is 0 Å². The van der Waals surface area contributed by atoms with Crippen LogP contribution in [0.3, 0.4) is 0 Å². The first-order chi connectivity index (χ1) is 7.34. The molecule has 0 saturated carbocycles. The summed E-state index contributed by atoms with van der Waals surface area (Å²) in [4.78, 5) is 8.28. The number of ether oxygens (including phenoxy) is 1. The van der Waals surface area contributed by atoms with E-state index in [4.69, 9.17) is 4.74 Å². The molecule has 0 aliphatic rings. The average Bonchev–Trinajstić information content (AvgIpc) is 2.30. The topological polar surface area (TPSA) is 47.0 Å². The van der Waals surface area contributed by atoms with E-state index in [-0.39, 0.29) is 6.04 Å². The molecule has 0 aromatic carbocycles. The van der Waals surface area contributed by atoms with Crippen molar-refractivity contribution in [3.8, 4) is 0 Å². The molecule has 1 rings (SSSR count). The lowest BCUT2D eigenvalue weighted by molar-refractivity contribution is 0.192. The van der Waals surface area contributed by atoms with Gasteiger partial charge in [-0.15, -0.1) is 0 Å². The Labute approximate surface area is 91.1 Å². The lowest BCUT2D eigenvalue weighted by Crippen LogP contribution is -2.21. The predicted octanol–water partition coefficient (Wildman–Crippen LogP) is 1.55. The van der Waals surface area contributed by atoms with Crippen molar-refractivity contribution in [2.45, 2.75) is 25.8 Å². The molecule has 1 atom stereocenters. The summed E-state index contributed by atoms with van der Waals surface area (Å²) in [7, 11) is 1.73. The summed E-state index contributed by atoms with van der Waals surface area (Å²) >= 11 is 0. The van der Waals surface area contributed by atoms with Gasteiger partial charge in [0.15, 0.2) is 0 Å². The Bertz CT molecular complexity index is 253. The van der Waals surface area contributed by atoms with Crippen LogP contribution in [0.15, 0.2) is 18.6 Å². The third kappa shape index (κ3) is 4.85. The third-order valence-electron chi connectivity index (χ3n) is 2.25. The van der Waals surface area contributed by atoms with Crippen LogP contribution < -0.4 is 5.32 Å². The van der Waals surface area contributed by atoms with Crippen molar-refractivity contribution in [3.05, 3.63) is 24.3 Å². The number of aromatic nitrogens is 2. The largest absolute Gasteiger partial charge is 0.385 e. The smallest absolute Gasteiger partial charge is 0.0753 e. The molecule has 1 N–H and O–H groups in total. The van der Waals surface area contributed by atoms with Gasteiger partial charge < -0.3 is 10.1 Å². The second-order valence-electron chi connectivity index (χ2n) is 3.51. The first-order valence-electron chi connectivity index (χ1n) is 5.33. The molecular weight excluding hydrogens is 190 g/mol. The fourth-order valence-electron chi connectivity index (χ4n) is 1.33. The fourth-order valence-corrected chi connectivity index (χ4v) is 1.33. The SMILES string of the molecule is COCCCCNC(C)c1cnccn1. The molecule has 0 spiro atoms. The zero-order valence-corrected chi connectivity index (χ0v) is 9.44. The number of methoxy groups -OCH3 is 1. The Hall–Kier alpha value is -1.00. The Balaban J connectivity index is 2.16. The molecule has 1 unspecified atom stereocenters. The minimum absolute atomic E-state index is 0.265. The van der Waals surface area contributed by atoms with Gasteiger partial charge in [0.1, 0.15) is 0 Å². The van der Waals surface area contributed by atoms with Gasteiger partial charge in [0, 0.05) is 38.3 Å². The number of nitrogens with one attached hydrogen (secondary N) is 1. The highest BCUT2D eigenvalue weighted by molar-refractivity contribution is 5.00. The first-order valence-corrected chi connectivity index (χ1v) is 5.33. The van der Waals surface area contributed by atoms with Gasteiger partial charge in [0.25, 0.3) is 0 Å². The predicted molar refractivity (Wildman–Crippen MR) is 59.6 cm³/mol. The van der Waals surface area contributed by atoms with Crippen LogP contribution in [0.4, 0.5) is 0 Å². The van der Waals surface area contributed by atoms with E-state index in [1.54, 1.807) is 25.7 Å². The van der Waals surface area contributed by atoms with Crippen LogP contribution in [0, 0.1) is 0 Å². The molecule has 0 aliphatic carbocycles. The monoisotopic (exact) mass is 209 g/mol. The average molecular weight is 209 g/mol. The number of hydrogen-bond donors (Lipinski definition) is 1. The number of rotatable bonds is 7. The molecule has 0 fully saturated rings. The van der Waals surface area contributed by atoms with Gasteiger partial charge in [-0.1, -0.05) is 0 Å². The summed E-state index contributed by atoms with van der Waals surface area (Å²) in [5.74, 6) is 0. The van der Waals surface area contributed by atoms with Gasteiger partial charge >= 0.3 is 0 Å². The van der Waals surface area contributed by atoms with Crippen LogP contribution in [-0.2, 0) is 4.74 Å². The molecule has 15 heavy (non-hydrogen) atoms. The van der Waals surface area contributed by atoms with Crippen molar-refractivity contribution in [2.75, 3.05) is 20.3 Å². The van der Waals surface area contributed by atoms with Gasteiger partial charge in [-0.25, -0.2) is 0 Å². The van der Waals surface area contributed by atoms with Crippen LogP contribution in [0.1, 0.15) is 31.5 Å². The number of hydrogen-bond acceptors (Lipinski definition) is 4. The second-order valence-corrected chi connectivity index (χ2v) is 3.51. The molecule has 0 amide bonds. The maximum Gasteiger partial charge on any atom is 0.0753 e. The molecule has 4 heteroatoms. The summed E-state index contributed by atoms with van der Waals surface area (Å²) in [6.07, 6.45) is 7.43. The summed E-state index contributed by atoms with van der Waals surface area (Å²) in [6.45, 7) is 3.92. The summed E-state index contributed by atoms with van der Waals surface area (Å²) in [5.41, 5.74) is 0.990. The van der Waals surface area contributed by atoms with Crippen molar-refractivity contribution in [1.82, 2.24) is 15.3 Å². The van der Waals surface area contributed by atoms with E-state index >= 15 is 0 Å². The molecule has 0 aliphatic heterocycles. The van der Waals surface area contributed by atoms with E-state index in [1.165, 1.54) is 0 Å². The van der Waals surface area contributed by atoms with Crippen molar-refractivity contribution in [1.29, 1.82) is 0 Å². The third-order valence-corrected chi connectivity index (χ3v) is 2.25. The molecule has 4 nitrogen and oxygen atoms in total. The normalized spacial score (nSPS) is 12.7. The van der Waals surface area contributed by atoms with Gasteiger partial charge in [-0.3, -0.25) is 9.97 Å². The Kier molecular flexibility index (Phi) is 5.88. The first kappa shape index (κ1) is 12.1. The minimum Gasteiger partial charge on any atom is -0.385 e. The molecule has 1 aromatic heterocycles. The quantitative estimate of drug-likeness (QED) is 0.692. The molecular formula is C11H19N3O. The lowest BCUT2D eigenvalue weighted by atomic mass is 10.2. The second kappa shape index (κ2) is 7.31. The summed E-state index contributed by atoms with van der Waals surface area (Å²) in [6, 6.07) is 0.265. The minimum atomic E-state index is 0.265. The van der Waals surface area contributed by atoms with E-state index in [0.717, 1.165) is 31.7 Å². The molecule has 1 aromatic rings. The molecule has 0 radical (unpaired) electrons. The lowest BCUT2D eigenvalue weighted by Gasteiger charge is -2.12. The molecule has 0 saturated heterocycles. The highest BCUT2D eigenvalue weighted by atomic mass is 16.5. The van der Waals surface area contributed by atoms with E-state index in [0.29, 0.717) is 0 Å². The zero-order chi connectivity index (χ0) is 10.9. The van der Waals surface area contributed by atoms with Gasteiger partial charge in [0.05, 0.1) is 5.69 Å². The van der Waals surface area contributed by atoms with Gasteiger partial charge in [-0.05, 0) is 26.3 Å². The van der Waals surface area contributed by atoms with E-state index < -0.39 is 0 Å². The maximum absolute atomic E-state index is 4.98. The van der Waals surface area contributed by atoms with Gasteiger partial charge in [-0.2, -0.15) is 0 Å². The van der Waals surface area contributed by atoms with Gasteiger partial charge in [0.2, 0.25) is 0 Å². The summed E-state index contributed by atoms with van der Waals surface area (Å²) < 4.78 is 4.98. The highest BCUT2D eigenvalue weighted by Gasteiger charge is 2.04. The van der Waals surface area contributed by atoms with Crippen LogP contribution in [0.5, 0.6) is 0 Å². The number of unbranched alkanes of at least 4 members (excludes halogenated alkanes) is 1. The molecule has 0 bridgehead atoms. The van der Waals surface area contributed by atoms with Crippen LogP contribution in [0.2, 0.25) is 0 Å². The fraction of sp³-hybridized carbons (Fsp3) is 0.636. The van der Waals surface area contributed by atoms with E-state index in [9.17, 15) is 0 Å². The van der Waals surface area contributed by atoms with Crippen LogP contribution >= 0.6 is 0 Å². The Morgan fingerprint density at radius 2 is 2.27 bits per heavy atom. The van der Waals surface area contributed by atoms with Crippen molar-refractivity contribution in [2.24, 2.45) is 0 Å².